The summed E-state index contributed by atoms with van der Waals surface area (Å²) < 4.78 is 1.99. The van der Waals surface area contributed by atoms with Gasteiger partial charge in [0.1, 0.15) is 0 Å². The zero-order valence-electron chi connectivity index (χ0n) is 12.9. The molecule has 2 atom stereocenters. The molecule has 0 saturated carbocycles. The molecule has 23 heavy (non-hydrogen) atoms. The van der Waals surface area contributed by atoms with Crippen molar-refractivity contribution in [1.82, 2.24) is 9.55 Å². The summed E-state index contributed by atoms with van der Waals surface area (Å²) in [6.45, 7) is 2.87. The Morgan fingerprint density at radius 2 is 1.91 bits per heavy atom. The molecule has 0 spiro atoms. The second kappa shape index (κ2) is 4.75. The molecule has 3 aromatic rings. The number of aromatic nitrogens is 2. The van der Waals surface area contributed by atoms with E-state index in [0.717, 1.165) is 19.6 Å². The van der Waals surface area contributed by atoms with Crippen LogP contribution in [0.3, 0.4) is 0 Å². The Kier molecular flexibility index (Phi) is 2.68. The molecular formula is C19H19N3O. The van der Waals surface area contributed by atoms with Crippen molar-refractivity contribution in [2.45, 2.75) is 18.9 Å². The van der Waals surface area contributed by atoms with Gasteiger partial charge in [0, 0.05) is 54.4 Å². The first-order chi connectivity index (χ1) is 11.3. The monoisotopic (exact) mass is 305 g/mol. The molecule has 2 aliphatic heterocycles. The summed E-state index contributed by atoms with van der Waals surface area (Å²) in [5.41, 5.74) is 3.84. The number of nitrogens with one attached hydrogen (secondary N) is 1. The molecule has 5 rings (SSSR count). The van der Waals surface area contributed by atoms with Crippen LogP contribution in [0.5, 0.6) is 0 Å². The van der Waals surface area contributed by atoms with E-state index in [1.54, 1.807) is 6.07 Å². The van der Waals surface area contributed by atoms with Crippen LogP contribution >= 0.6 is 0 Å². The fraction of sp³-hybridized carbons (Fsp3) is 0.316. The maximum atomic E-state index is 12.1. The van der Waals surface area contributed by atoms with Crippen LogP contribution in [-0.2, 0) is 6.54 Å². The molecule has 4 nitrogen and oxygen atoms in total. The number of piperidine rings is 1. The summed E-state index contributed by atoms with van der Waals surface area (Å²) in [7, 11) is 0. The van der Waals surface area contributed by atoms with Crippen molar-refractivity contribution in [2.24, 2.45) is 5.92 Å². The van der Waals surface area contributed by atoms with E-state index in [1.165, 1.54) is 28.7 Å². The van der Waals surface area contributed by atoms with E-state index >= 15 is 0 Å². The first-order valence-corrected chi connectivity index (χ1v) is 8.30. The lowest BCUT2D eigenvalue weighted by molar-refractivity contribution is 0.282. The zero-order chi connectivity index (χ0) is 15.4. The van der Waals surface area contributed by atoms with Crippen molar-refractivity contribution in [2.75, 3.05) is 18.0 Å². The van der Waals surface area contributed by atoms with Crippen LogP contribution in [0.15, 0.2) is 53.5 Å². The minimum atomic E-state index is 0.151. The summed E-state index contributed by atoms with van der Waals surface area (Å²) in [4.78, 5) is 18.0. The van der Waals surface area contributed by atoms with E-state index in [1.807, 2.05) is 10.6 Å². The highest BCUT2D eigenvalue weighted by Gasteiger charge is 2.35. The number of hydrogen-bond donors (Lipinski definition) is 1. The van der Waals surface area contributed by atoms with Crippen LogP contribution in [-0.4, -0.2) is 22.6 Å². The zero-order valence-corrected chi connectivity index (χ0v) is 12.9. The van der Waals surface area contributed by atoms with Gasteiger partial charge in [0.05, 0.1) is 5.69 Å². The van der Waals surface area contributed by atoms with Crippen LogP contribution in [0.1, 0.15) is 18.0 Å². The Morgan fingerprint density at radius 1 is 1.00 bits per heavy atom. The molecule has 2 bridgehead atoms. The molecule has 116 valence electrons. The van der Waals surface area contributed by atoms with E-state index in [4.69, 9.17) is 0 Å². The lowest BCUT2D eigenvalue weighted by Gasteiger charge is -2.43. The van der Waals surface area contributed by atoms with Crippen LogP contribution < -0.4 is 10.5 Å². The van der Waals surface area contributed by atoms with Gasteiger partial charge in [0.25, 0.3) is 5.56 Å². The third-order valence-corrected chi connectivity index (χ3v) is 5.39. The highest BCUT2D eigenvalue weighted by Crippen LogP contribution is 2.38. The van der Waals surface area contributed by atoms with E-state index in [9.17, 15) is 4.79 Å². The lowest BCUT2D eigenvalue weighted by atomic mass is 9.83. The minimum Gasteiger partial charge on any atom is -0.369 e. The van der Waals surface area contributed by atoms with E-state index in [-0.39, 0.29) is 5.56 Å². The average molecular weight is 305 g/mol. The highest BCUT2D eigenvalue weighted by atomic mass is 16.1. The van der Waals surface area contributed by atoms with Crippen LogP contribution in [0.25, 0.3) is 10.9 Å². The number of fused-ring (bicyclic) bond motifs is 5. The second-order valence-corrected chi connectivity index (χ2v) is 6.82. The van der Waals surface area contributed by atoms with Crippen molar-refractivity contribution in [3.05, 3.63) is 64.7 Å². The number of rotatable bonds is 1. The van der Waals surface area contributed by atoms with Gasteiger partial charge < -0.3 is 14.5 Å². The first kappa shape index (κ1) is 13.0. The maximum absolute atomic E-state index is 12.1. The molecule has 2 aliphatic rings. The largest absolute Gasteiger partial charge is 0.369 e. The van der Waals surface area contributed by atoms with Crippen molar-refractivity contribution < 1.29 is 0 Å². The molecule has 0 radical (unpaired) electrons. The Bertz CT molecular complexity index is 939. The van der Waals surface area contributed by atoms with E-state index in [0.29, 0.717) is 11.8 Å². The highest BCUT2D eigenvalue weighted by molar-refractivity contribution is 5.92. The number of para-hydroxylation sites is 1. The number of benzene rings is 1. The number of hydrogen-bond acceptors (Lipinski definition) is 2. The molecule has 1 aromatic carbocycles. The predicted molar refractivity (Wildman–Crippen MR) is 92.1 cm³/mol. The van der Waals surface area contributed by atoms with Gasteiger partial charge in [-0.15, -0.1) is 0 Å². The van der Waals surface area contributed by atoms with Gasteiger partial charge >= 0.3 is 0 Å². The second-order valence-electron chi connectivity index (χ2n) is 6.82. The van der Waals surface area contributed by atoms with Crippen LogP contribution in [0.4, 0.5) is 5.69 Å². The summed E-state index contributed by atoms with van der Waals surface area (Å²) in [6, 6.07) is 14.2. The minimum absolute atomic E-state index is 0.151. The van der Waals surface area contributed by atoms with Gasteiger partial charge in [-0.25, -0.2) is 0 Å². The third kappa shape index (κ3) is 1.94. The smallest absolute Gasteiger partial charge is 0.250 e. The molecule has 2 aromatic heterocycles. The Balaban J connectivity index is 1.56. The lowest BCUT2D eigenvalue weighted by Crippen LogP contribution is -2.47. The molecule has 1 saturated heterocycles. The molecule has 4 heteroatoms. The molecule has 4 heterocycles. The molecule has 0 aliphatic carbocycles. The number of nitrogens with zero attached hydrogens (tertiary/aromatic N) is 2. The standard InChI is InChI=1S/C19H19N3O/c23-19-7-3-6-17-14-8-13(11-22(17)19)10-21(12-14)18-9-20-16-5-2-1-4-15(16)18/h1-7,9,13-14,20H,8,10-12H2/t13-,14+/m0/s1. The molecule has 0 amide bonds. The Hall–Kier alpha value is -2.49. The molecular weight excluding hydrogens is 286 g/mol. The van der Waals surface area contributed by atoms with Crippen molar-refractivity contribution in [1.29, 1.82) is 0 Å². The quantitative estimate of drug-likeness (QED) is 0.751. The van der Waals surface area contributed by atoms with Crippen molar-refractivity contribution in [3.8, 4) is 0 Å². The maximum Gasteiger partial charge on any atom is 0.250 e. The van der Waals surface area contributed by atoms with Gasteiger partial charge in [0.15, 0.2) is 0 Å². The third-order valence-electron chi connectivity index (χ3n) is 5.39. The first-order valence-electron chi connectivity index (χ1n) is 8.30. The average Bonchev–Trinajstić information content (AvgIpc) is 3.00. The Labute approximate surface area is 134 Å². The van der Waals surface area contributed by atoms with E-state index in [2.05, 4.69) is 46.4 Å². The summed E-state index contributed by atoms with van der Waals surface area (Å²) in [5, 5.41) is 1.29. The van der Waals surface area contributed by atoms with Crippen molar-refractivity contribution >= 4 is 16.6 Å². The van der Waals surface area contributed by atoms with E-state index < -0.39 is 0 Å². The Morgan fingerprint density at radius 3 is 2.87 bits per heavy atom. The summed E-state index contributed by atoms with van der Waals surface area (Å²) in [6.07, 6.45) is 3.33. The fourth-order valence-corrected chi connectivity index (χ4v) is 4.41. The number of H-pyrrole nitrogens is 1. The summed E-state index contributed by atoms with van der Waals surface area (Å²) >= 11 is 0. The SMILES string of the molecule is O=c1cccc2n1C[C@H]1C[C@@H]2CN(c2c[nH]c3ccccc23)C1. The fourth-order valence-electron chi connectivity index (χ4n) is 4.41. The van der Waals surface area contributed by atoms with Gasteiger partial charge in [-0.05, 0) is 24.5 Å². The van der Waals surface area contributed by atoms with Gasteiger partial charge in [0.2, 0.25) is 0 Å². The van der Waals surface area contributed by atoms with Gasteiger partial charge in [-0.2, -0.15) is 0 Å². The number of aromatic amines is 1. The number of pyridine rings is 1. The number of anilines is 1. The van der Waals surface area contributed by atoms with Crippen LogP contribution in [0.2, 0.25) is 0 Å². The topological polar surface area (TPSA) is 41.0 Å². The predicted octanol–water partition coefficient (Wildman–Crippen LogP) is 2.95. The normalized spacial score (nSPS) is 23.0. The van der Waals surface area contributed by atoms with Crippen LogP contribution in [0, 0.1) is 5.92 Å². The van der Waals surface area contributed by atoms with Gasteiger partial charge in [-0.1, -0.05) is 24.3 Å². The van der Waals surface area contributed by atoms with Gasteiger partial charge in [-0.3, -0.25) is 4.79 Å². The molecule has 1 fully saturated rings. The van der Waals surface area contributed by atoms with Crippen molar-refractivity contribution in [3.63, 3.8) is 0 Å². The summed E-state index contributed by atoms with van der Waals surface area (Å²) in [5.74, 6) is 1.00. The molecule has 1 N–H and O–H groups in total. The molecule has 0 unspecified atom stereocenters.